The molecule has 2 aromatic rings. The minimum atomic E-state index is -1.21. The van der Waals surface area contributed by atoms with E-state index in [1.165, 1.54) is 0 Å². The summed E-state index contributed by atoms with van der Waals surface area (Å²) < 4.78 is 26.2. The Morgan fingerprint density at radius 3 is 2.16 bits per heavy atom. The van der Waals surface area contributed by atoms with Gasteiger partial charge in [-0.25, -0.2) is 8.78 Å². The van der Waals surface area contributed by atoms with Gasteiger partial charge in [-0.3, -0.25) is 0 Å². The smallest absolute Gasteiger partial charge is 0.160 e. The van der Waals surface area contributed by atoms with Crippen molar-refractivity contribution in [3.05, 3.63) is 68.7 Å². The van der Waals surface area contributed by atoms with Crippen molar-refractivity contribution in [2.75, 3.05) is 0 Å². The molecule has 100 valence electrons. The van der Waals surface area contributed by atoms with Crippen molar-refractivity contribution < 1.29 is 13.9 Å². The van der Waals surface area contributed by atoms with Crippen LogP contribution in [0.15, 0.2) is 30.3 Å². The van der Waals surface area contributed by atoms with Gasteiger partial charge in [0.2, 0.25) is 0 Å². The van der Waals surface area contributed by atoms with E-state index in [-0.39, 0.29) is 10.6 Å². The molecule has 0 radical (unpaired) electrons. The van der Waals surface area contributed by atoms with E-state index in [1.54, 1.807) is 18.2 Å². The summed E-state index contributed by atoms with van der Waals surface area (Å²) in [6, 6.07) is 6.77. The van der Waals surface area contributed by atoms with Crippen LogP contribution in [0.4, 0.5) is 8.78 Å². The Morgan fingerprint density at radius 1 is 0.947 bits per heavy atom. The van der Waals surface area contributed by atoms with Crippen LogP contribution in [0.1, 0.15) is 22.8 Å². The van der Waals surface area contributed by atoms with Crippen LogP contribution >= 0.6 is 23.2 Å². The van der Waals surface area contributed by atoms with Crippen molar-refractivity contribution in [1.29, 1.82) is 0 Å². The summed E-state index contributed by atoms with van der Waals surface area (Å²) in [5.41, 5.74) is 1.39. The molecule has 1 atom stereocenters. The third-order valence-electron chi connectivity index (χ3n) is 2.78. The Morgan fingerprint density at radius 2 is 1.53 bits per heavy atom. The van der Waals surface area contributed by atoms with E-state index in [2.05, 4.69) is 0 Å². The van der Waals surface area contributed by atoms with Gasteiger partial charge in [-0.1, -0.05) is 35.3 Å². The van der Waals surface area contributed by atoms with Crippen LogP contribution in [0.5, 0.6) is 0 Å². The van der Waals surface area contributed by atoms with Crippen molar-refractivity contribution in [3.63, 3.8) is 0 Å². The second kappa shape index (κ2) is 5.45. The first-order chi connectivity index (χ1) is 8.90. The van der Waals surface area contributed by atoms with Crippen LogP contribution in [0.3, 0.4) is 0 Å². The second-order valence-corrected chi connectivity index (χ2v) is 5.03. The Balaban J connectivity index is 2.49. The first kappa shape index (κ1) is 14.3. The number of hydrogen-bond acceptors (Lipinski definition) is 1. The van der Waals surface area contributed by atoms with E-state index < -0.39 is 17.7 Å². The predicted octanol–water partition coefficient (Wildman–Crippen LogP) is 4.66. The molecular formula is C14H10Cl2F2O. The number of aliphatic hydroxyl groups is 1. The van der Waals surface area contributed by atoms with Gasteiger partial charge in [-0.05, 0) is 30.7 Å². The highest BCUT2D eigenvalue weighted by Gasteiger charge is 2.19. The standard InChI is InChI=1S/C14H10Cl2F2O/c1-7-2-3-8(10(15)4-7)14(19)9-5-12(17)13(18)6-11(9)16/h2-6,14,19H,1H3. The average Bonchev–Trinajstić information content (AvgIpc) is 2.33. The lowest BCUT2D eigenvalue weighted by molar-refractivity contribution is 0.219. The maximum Gasteiger partial charge on any atom is 0.160 e. The molecule has 0 saturated carbocycles. The molecule has 0 spiro atoms. The van der Waals surface area contributed by atoms with Gasteiger partial charge in [0.25, 0.3) is 0 Å². The first-order valence-electron chi connectivity index (χ1n) is 5.48. The van der Waals surface area contributed by atoms with Gasteiger partial charge in [0.15, 0.2) is 11.6 Å². The zero-order chi connectivity index (χ0) is 14.2. The maximum absolute atomic E-state index is 13.2. The zero-order valence-corrected chi connectivity index (χ0v) is 11.4. The summed E-state index contributed by atoms with van der Waals surface area (Å²) in [5.74, 6) is -2.13. The van der Waals surface area contributed by atoms with Gasteiger partial charge in [-0.15, -0.1) is 0 Å². The Labute approximate surface area is 119 Å². The van der Waals surface area contributed by atoms with Crippen LogP contribution in [0.25, 0.3) is 0 Å². The third-order valence-corrected chi connectivity index (χ3v) is 3.44. The minimum Gasteiger partial charge on any atom is -0.384 e. The van der Waals surface area contributed by atoms with Gasteiger partial charge < -0.3 is 5.11 Å². The molecule has 19 heavy (non-hydrogen) atoms. The molecule has 1 unspecified atom stereocenters. The highest BCUT2D eigenvalue weighted by molar-refractivity contribution is 6.32. The van der Waals surface area contributed by atoms with Gasteiger partial charge in [0, 0.05) is 21.2 Å². The first-order valence-corrected chi connectivity index (χ1v) is 6.24. The molecule has 0 fully saturated rings. The van der Waals surface area contributed by atoms with E-state index in [4.69, 9.17) is 23.2 Å². The summed E-state index contributed by atoms with van der Waals surface area (Å²) in [4.78, 5) is 0. The lowest BCUT2D eigenvalue weighted by Crippen LogP contribution is -2.03. The summed E-state index contributed by atoms with van der Waals surface area (Å²) >= 11 is 11.8. The monoisotopic (exact) mass is 302 g/mol. The van der Waals surface area contributed by atoms with Gasteiger partial charge >= 0.3 is 0 Å². The highest BCUT2D eigenvalue weighted by atomic mass is 35.5. The largest absolute Gasteiger partial charge is 0.384 e. The Bertz CT molecular complexity index is 629. The van der Waals surface area contributed by atoms with E-state index in [9.17, 15) is 13.9 Å². The molecule has 2 rings (SSSR count). The summed E-state index contributed by atoms with van der Waals surface area (Å²) in [6.45, 7) is 1.85. The van der Waals surface area contributed by atoms with Gasteiger partial charge in [0.1, 0.15) is 6.10 Å². The molecular weight excluding hydrogens is 293 g/mol. The number of aliphatic hydroxyl groups excluding tert-OH is 1. The summed E-state index contributed by atoms with van der Waals surface area (Å²) in [7, 11) is 0. The topological polar surface area (TPSA) is 20.2 Å². The van der Waals surface area contributed by atoms with Crippen molar-refractivity contribution in [2.45, 2.75) is 13.0 Å². The zero-order valence-electron chi connectivity index (χ0n) is 9.92. The predicted molar refractivity (Wildman–Crippen MR) is 71.6 cm³/mol. The number of hydrogen-bond donors (Lipinski definition) is 1. The van der Waals surface area contributed by atoms with Crippen LogP contribution in [0.2, 0.25) is 10.0 Å². The normalized spacial score (nSPS) is 12.5. The quantitative estimate of drug-likeness (QED) is 0.800. The Hall–Kier alpha value is -1.16. The van der Waals surface area contributed by atoms with Crippen LogP contribution < -0.4 is 0 Å². The lowest BCUT2D eigenvalue weighted by Gasteiger charge is -2.15. The molecule has 0 aromatic heterocycles. The van der Waals surface area contributed by atoms with Crippen molar-refractivity contribution >= 4 is 23.2 Å². The van der Waals surface area contributed by atoms with Crippen LogP contribution in [0, 0.1) is 18.6 Å². The van der Waals surface area contributed by atoms with Crippen molar-refractivity contribution in [1.82, 2.24) is 0 Å². The number of halogens is 4. The second-order valence-electron chi connectivity index (χ2n) is 4.22. The molecule has 0 bridgehead atoms. The number of aryl methyl sites for hydroxylation is 1. The SMILES string of the molecule is Cc1ccc(C(O)c2cc(F)c(F)cc2Cl)c(Cl)c1. The number of benzene rings is 2. The molecule has 1 N–H and O–H groups in total. The molecule has 0 aliphatic carbocycles. The van der Waals surface area contributed by atoms with Crippen molar-refractivity contribution in [2.24, 2.45) is 0 Å². The molecule has 2 aromatic carbocycles. The molecule has 0 amide bonds. The van der Waals surface area contributed by atoms with Gasteiger partial charge in [0.05, 0.1) is 0 Å². The average molecular weight is 303 g/mol. The fourth-order valence-electron chi connectivity index (χ4n) is 1.77. The highest BCUT2D eigenvalue weighted by Crippen LogP contribution is 2.33. The minimum absolute atomic E-state index is 0.0527. The Kier molecular flexibility index (Phi) is 4.09. The fraction of sp³-hybridized carbons (Fsp3) is 0.143. The maximum atomic E-state index is 13.2. The summed E-state index contributed by atoms with van der Waals surface area (Å²) in [5, 5.41) is 10.5. The third kappa shape index (κ3) is 2.89. The summed E-state index contributed by atoms with van der Waals surface area (Å²) in [6.07, 6.45) is -1.21. The van der Waals surface area contributed by atoms with Gasteiger partial charge in [-0.2, -0.15) is 0 Å². The molecule has 1 nitrogen and oxygen atoms in total. The molecule has 0 aliphatic heterocycles. The molecule has 0 heterocycles. The fourth-order valence-corrected chi connectivity index (χ4v) is 2.36. The van der Waals surface area contributed by atoms with E-state index in [0.717, 1.165) is 17.7 Å². The van der Waals surface area contributed by atoms with Crippen molar-refractivity contribution in [3.8, 4) is 0 Å². The molecule has 0 aliphatic rings. The van der Waals surface area contributed by atoms with Crippen LogP contribution in [-0.4, -0.2) is 5.11 Å². The van der Waals surface area contributed by atoms with E-state index in [0.29, 0.717) is 10.6 Å². The molecule has 5 heteroatoms. The number of rotatable bonds is 2. The van der Waals surface area contributed by atoms with Crippen LogP contribution in [-0.2, 0) is 0 Å². The van der Waals surface area contributed by atoms with E-state index in [1.807, 2.05) is 6.92 Å². The lowest BCUT2D eigenvalue weighted by atomic mass is 10.00. The molecule has 0 saturated heterocycles. The van der Waals surface area contributed by atoms with E-state index >= 15 is 0 Å².